The van der Waals surface area contributed by atoms with Gasteiger partial charge < -0.3 is 20.5 Å². The summed E-state index contributed by atoms with van der Waals surface area (Å²) in [5.74, 6) is -1.29. The second kappa shape index (κ2) is 5.81. The Balaban J connectivity index is 2.11. The first kappa shape index (κ1) is 13.5. The minimum absolute atomic E-state index is 0.142. The lowest BCUT2D eigenvalue weighted by atomic mass is 10.1. The summed E-state index contributed by atoms with van der Waals surface area (Å²) in [5, 5.41) is 14.7. The van der Waals surface area contributed by atoms with Crippen LogP contribution < -0.4 is 10.6 Å². The number of carbonyl (C=O) groups excluding carboxylic acids is 1. The zero-order valence-corrected chi connectivity index (χ0v) is 10.6. The summed E-state index contributed by atoms with van der Waals surface area (Å²) in [7, 11) is 0. The standard InChI is InChI=1S/C13H16N2O4/c1-8-2-3-9(13(17)18)6-10(8)15-12(16)11-7-14-4-5-19-11/h2-3,6,11,14H,4-5,7H2,1H3,(H,15,16)(H,17,18). The van der Waals surface area contributed by atoms with Crippen molar-refractivity contribution in [2.45, 2.75) is 13.0 Å². The Kier molecular flexibility index (Phi) is 4.13. The van der Waals surface area contributed by atoms with Crippen LogP contribution in [0.15, 0.2) is 18.2 Å². The molecule has 1 atom stereocenters. The molecule has 1 unspecified atom stereocenters. The number of nitrogens with one attached hydrogen (secondary N) is 2. The van der Waals surface area contributed by atoms with Crippen LogP contribution in [0.25, 0.3) is 0 Å². The molecule has 19 heavy (non-hydrogen) atoms. The van der Waals surface area contributed by atoms with Crippen LogP contribution in [0.1, 0.15) is 15.9 Å². The van der Waals surface area contributed by atoms with E-state index >= 15 is 0 Å². The molecule has 1 amide bonds. The number of morpholine rings is 1. The molecular formula is C13H16N2O4. The number of hydrogen-bond acceptors (Lipinski definition) is 4. The molecule has 1 aliphatic rings. The number of carboxylic acid groups (broad SMARTS) is 1. The number of anilines is 1. The normalized spacial score (nSPS) is 18.9. The molecular weight excluding hydrogens is 248 g/mol. The van der Waals surface area contributed by atoms with Gasteiger partial charge in [0.2, 0.25) is 0 Å². The average Bonchev–Trinajstić information content (AvgIpc) is 2.42. The third-order valence-corrected chi connectivity index (χ3v) is 2.96. The monoisotopic (exact) mass is 264 g/mol. The van der Waals surface area contributed by atoms with Crippen molar-refractivity contribution in [3.8, 4) is 0 Å². The van der Waals surface area contributed by atoms with Crippen molar-refractivity contribution in [1.29, 1.82) is 0 Å². The van der Waals surface area contributed by atoms with Gasteiger partial charge in [0.1, 0.15) is 6.10 Å². The van der Waals surface area contributed by atoms with Crippen LogP contribution >= 0.6 is 0 Å². The fraction of sp³-hybridized carbons (Fsp3) is 0.385. The van der Waals surface area contributed by atoms with Crippen molar-refractivity contribution in [3.05, 3.63) is 29.3 Å². The number of aromatic carboxylic acids is 1. The van der Waals surface area contributed by atoms with Gasteiger partial charge in [-0.1, -0.05) is 6.07 Å². The Labute approximate surface area is 110 Å². The molecule has 3 N–H and O–H groups in total. The maximum absolute atomic E-state index is 12.0. The Morgan fingerprint density at radius 1 is 1.47 bits per heavy atom. The molecule has 2 rings (SSSR count). The first-order valence-electron chi connectivity index (χ1n) is 6.05. The van der Waals surface area contributed by atoms with Gasteiger partial charge in [-0.3, -0.25) is 4.79 Å². The first-order chi connectivity index (χ1) is 9.08. The Bertz CT molecular complexity index is 495. The minimum atomic E-state index is -1.02. The molecule has 1 fully saturated rings. The van der Waals surface area contributed by atoms with E-state index in [0.29, 0.717) is 18.8 Å². The molecule has 1 aromatic carbocycles. The molecule has 1 aromatic rings. The predicted molar refractivity (Wildman–Crippen MR) is 69.4 cm³/mol. The van der Waals surface area contributed by atoms with Gasteiger partial charge >= 0.3 is 5.97 Å². The lowest BCUT2D eigenvalue weighted by molar-refractivity contribution is -0.128. The fourth-order valence-corrected chi connectivity index (χ4v) is 1.84. The summed E-state index contributed by atoms with van der Waals surface area (Å²) in [5.41, 5.74) is 1.45. The highest BCUT2D eigenvalue weighted by molar-refractivity contribution is 5.97. The van der Waals surface area contributed by atoms with Crippen molar-refractivity contribution in [2.24, 2.45) is 0 Å². The number of rotatable bonds is 3. The van der Waals surface area contributed by atoms with Gasteiger partial charge in [-0.05, 0) is 24.6 Å². The van der Waals surface area contributed by atoms with Gasteiger partial charge in [-0.25, -0.2) is 4.79 Å². The number of ether oxygens (including phenoxy) is 1. The van der Waals surface area contributed by atoms with E-state index in [4.69, 9.17) is 9.84 Å². The Morgan fingerprint density at radius 2 is 2.26 bits per heavy atom. The van der Waals surface area contributed by atoms with Crippen molar-refractivity contribution in [3.63, 3.8) is 0 Å². The summed E-state index contributed by atoms with van der Waals surface area (Å²) < 4.78 is 5.34. The van der Waals surface area contributed by atoms with E-state index in [1.807, 2.05) is 0 Å². The van der Waals surface area contributed by atoms with Gasteiger partial charge in [-0.2, -0.15) is 0 Å². The molecule has 102 valence electrons. The molecule has 0 bridgehead atoms. The lowest BCUT2D eigenvalue weighted by Crippen LogP contribution is -2.45. The van der Waals surface area contributed by atoms with Crippen LogP contribution in [-0.4, -0.2) is 42.8 Å². The summed E-state index contributed by atoms with van der Waals surface area (Å²) in [6.07, 6.45) is -0.540. The zero-order valence-electron chi connectivity index (χ0n) is 10.6. The van der Waals surface area contributed by atoms with Crippen molar-refractivity contribution >= 4 is 17.6 Å². The highest BCUT2D eigenvalue weighted by Crippen LogP contribution is 2.17. The number of aryl methyl sites for hydroxylation is 1. The Morgan fingerprint density at radius 3 is 2.89 bits per heavy atom. The molecule has 1 aliphatic heterocycles. The van der Waals surface area contributed by atoms with Crippen molar-refractivity contribution in [1.82, 2.24) is 5.32 Å². The maximum Gasteiger partial charge on any atom is 0.335 e. The fourth-order valence-electron chi connectivity index (χ4n) is 1.84. The Hall–Kier alpha value is -1.92. The van der Waals surface area contributed by atoms with Gasteiger partial charge in [0, 0.05) is 18.8 Å². The third kappa shape index (κ3) is 3.30. The van der Waals surface area contributed by atoms with E-state index in [9.17, 15) is 9.59 Å². The largest absolute Gasteiger partial charge is 0.478 e. The van der Waals surface area contributed by atoms with Crippen LogP contribution in [0.3, 0.4) is 0 Å². The molecule has 6 nitrogen and oxygen atoms in total. The van der Waals surface area contributed by atoms with Gasteiger partial charge in [-0.15, -0.1) is 0 Å². The topological polar surface area (TPSA) is 87.7 Å². The molecule has 0 aromatic heterocycles. The molecule has 0 radical (unpaired) electrons. The SMILES string of the molecule is Cc1ccc(C(=O)O)cc1NC(=O)C1CNCCO1. The van der Waals surface area contributed by atoms with E-state index in [-0.39, 0.29) is 11.5 Å². The van der Waals surface area contributed by atoms with Gasteiger partial charge in [0.05, 0.1) is 12.2 Å². The van der Waals surface area contributed by atoms with Crippen LogP contribution in [-0.2, 0) is 9.53 Å². The van der Waals surface area contributed by atoms with E-state index in [0.717, 1.165) is 12.1 Å². The quantitative estimate of drug-likeness (QED) is 0.745. The number of carboxylic acids is 1. The van der Waals surface area contributed by atoms with E-state index in [1.54, 1.807) is 13.0 Å². The van der Waals surface area contributed by atoms with Crippen molar-refractivity contribution in [2.75, 3.05) is 25.0 Å². The van der Waals surface area contributed by atoms with E-state index in [2.05, 4.69) is 10.6 Å². The van der Waals surface area contributed by atoms with E-state index in [1.165, 1.54) is 12.1 Å². The zero-order chi connectivity index (χ0) is 13.8. The number of hydrogen-bond donors (Lipinski definition) is 3. The van der Waals surface area contributed by atoms with Crippen LogP contribution in [0.2, 0.25) is 0 Å². The number of amides is 1. The van der Waals surface area contributed by atoms with Crippen LogP contribution in [0.5, 0.6) is 0 Å². The summed E-state index contributed by atoms with van der Waals surface area (Å²) in [6, 6.07) is 4.62. The van der Waals surface area contributed by atoms with Crippen LogP contribution in [0.4, 0.5) is 5.69 Å². The lowest BCUT2D eigenvalue weighted by Gasteiger charge is -2.23. The molecule has 1 heterocycles. The van der Waals surface area contributed by atoms with Gasteiger partial charge in [0.25, 0.3) is 5.91 Å². The number of carbonyl (C=O) groups is 2. The molecule has 0 saturated carbocycles. The molecule has 0 spiro atoms. The average molecular weight is 264 g/mol. The van der Waals surface area contributed by atoms with Gasteiger partial charge in [0.15, 0.2) is 0 Å². The van der Waals surface area contributed by atoms with E-state index < -0.39 is 12.1 Å². The van der Waals surface area contributed by atoms with Crippen LogP contribution in [0, 0.1) is 6.92 Å². The second-order valence-electron chi connectivity index (χ2n) is 4.39. The predicted octanol–water partition coefficient (Wildman–Crippen LogP) is 0.620. The highest BCUT2D eigenvalue weighted by Gasteiger charge is 2.22. The second-order valence-corrected chi connectivity index (χ2v) is 4.39. The molecule has 6 heteroatoms. The maximum atomic E-state index is 12.0. The third-order valence-electron chi connectivity index (χ3n) is 2.96. The number of benzene rings is 1. The first-order valence-corrected chi connectivity index (χ1v) is 6.05. The molecule has 0 aliphatic carbocycles. The summed E-state index contributed by atoms with van der Waals surface area (Å²) in [4.78, 5) is 22.9. The van der Waals surface area contributed by atoms with Crippen molar-refractivity contribution < 1.29 is 19.4 Å². The summed E-state index contributed by atoms with van der Waals surface area (Å²) >= 11 is 0. The summed E-state index contributed by atoms with van der Waals surface area (Å²) in [6.45, 7) is 3.49. The smallest absolute Gasteiger partial charge is 0.335 e. The molecule has 1 saturated heterocycles. The highest BCUT2D eigenvalue weighted by atomic mass is 16.5. The minimum Gasteiger partial charge on any atom is -0.478 e.